The highest BCUT2D eigenvalue weighted by Crippen LogP contribution is 2.32. The molecule has 2 nitrogen and oxygen atoms in total. The Balaban J connectivity index is 2.33. The van der Waals surface area contributed by atoms with Gasteiger partial charge < -0.3 is 10.8 Å². The number of hydrogen-bond acceptors (Lipinski definition) is 2. The molecule has 0 bridgehead atoms. The van der Waals surface area contributed by atoms with Gasteiger partial charge in [-0.3, -0.25) is 0 Å². The van der Waals surface area contributed by atoms with Crippen molar-refractivity contribution in [2.24, 2.45) is 5.73 Å². The molecule has 2 rings (SSSR count). The van der Waals surface area contributed by atoms with Crippen LogP contribution in [0.15, 0.2) is 60.7 Å². The summed E-state index contributed by atoms with van der Waals surface area (Å²) in [5.74, 6) is 0. The second-order valence-corrected chi connectivity index (χ2v) is 4.40. The lowest BCUT2D eigenvalue weighted by Crippen LogP contribution is -2.35. The molecule has 17 heavy (non-hydrogen) atoms. The van der Waals surface area contributed by atoms with Crippen molar-refractivity contribution in [3.05, 3.63) is 71.8 Å². The van der Waals surface area contributed by atoms with Crippen LogP contribution in [0.25, 0.3) is 0 Å². The fourth-order valence-electron chi connectivity index (χ4n) is 1.94. The van der Waals surface area contributed by atoms with E-state index in [1.54, 1.807) is 6.92 Å². The summed E-state index contributed by atoms with van der Waals surface area (Å²) in [5.41, 5.74) is 6.85. The third kappa shape index (κ3) is 2.38. The molecule has 2 heteroatoms. The first-order chi connectivity index (χ1) is 8.12. The molecule has 0 fully saturated rings. The molecule has 0 aliphatic heterocycles. The summed E-state index contributed by atoms with van der Waals surface area (Å²) in [6.07, 6.45) is 0. The molecule has 0 saturated carbocycles. The van der Waals surface area contributed by atoms with Crippen LogP contribution in [0.1, 0.15) is 24.1 Å². The molecule has 2 atom stereocenters. The molecular formula is C15H17NO. The first-order valence-corrected chi connectivity index (χ1v) is 5.71. The second kappa shape index (κ2) is 4.70. The predicted octanol–water partition coefficient (Wildman–Crippen LogP) is 2.59. The van der Waals surface area contributed by atoms with Crippen LogP contribution in [0.4, 0.5) is 0 Å². The van der Waals surface area contributed by atoms with Gasteiger partial charge in [0, 0.05) is 0 Å². The predicted molar refractivity (Wildman–Crippen MR) is 69.4 cm³/mol. The zero-order chi connectivity index (χ0) is 12.3. The Kier molecular flexibility index (Phi) is 3.27. The molecule has 0 aromatic heterocycles. The van der Waals surface area contributed by atoms with Crippen LogP contribution < -0.4 is 5.73 Å². The summed E-state index contributed by atoms with van der Waals surface area (Å²) in [4.78, 5) is 0. The lowest BCUT2D eigenvalue weighted by Gasteiger charge is -2.31. The van der Waals surface area contributed by atoms with Gasteiger partial charge in [0.25, 0.3) is 0 Å². The van der Waals surface area contributed by atoms with Crippen LogP contribution in [0.3, 0.4) is 0 Å². The van der Waals surface area contributed by atoms with Gasteiger partial charge in [-0.05, 0) is 18.1 Å². The molecule has 2 aromatic rings. The van der Waals surface area contributed by atoms with Gasteiger partial charge in [-0.1, -0.05) is 60.7 Å². The standard InChI is InChI=1S/C15H17NO/c1-15(17,13-10-6-3-7-11-13)14(16)12-8-4-2-5-9-12/h2-11,14,17H,16H2,1H3/t14-,15+/m0/s1. The van der Waals surface area contributed by atoms with E-state index in [1.165, 1.54) is 0 Å². The summed E-state index contributed by atoms with van der Waals surface area (Å²) < 4.78 is 0. The molecule has 3 N–H and O–H groups in total. The van der Waals surface area contributed by atoms with Crippen molar-refractivity contribution in [3.63, 3.8) is 0 Å². The minimum Gasteiger partial charge on any atom is -0.383 e. The van der Waals surface area contributed by atoms with Crippen LogP contribution in [-0.4, -0.2) is 5.11 Å². The average molecular weight is 227 g/mol. The van der Waals surface area contributed by atoms with E-state index in [0.717, 1.165) is 11.1 Å². The molecule has 88 valence electrons. The van der Waals surface area contributed by atoms with Crippen LogP contribution in [0.2, 0.25) is 0 Å². The SMILES string of the molecule is C[C@@](O)(c1ccccc1)[C@@H](N)c1ccccc1. The number of nitrogens with two attached hydrogens (primary N) is 1. The Morgan fingerprint density at radius 2 is 1.41 bits per heavy atom. The van der Waals surface area contributed by atoms with Crippen molar-refractivity contribution >= 4 is 0 Å². The Labute approximate surface area is 102 Å². The van der Waals surface area contributed by atoms with Crippen LogP contribution in [-0.2, 0) is 5.60 Å². The molecule has 0 saturated heterocycles. The lowest BCUT2D eigenvalue weighted by atomic mass is 9.85. The maximum absolute atomic E-state index is 10.6. The normalized spacial score (nSPS) is 16.2. The van der Waals surface area contributed by atoms with Crippen LogP contribution >= 0.6 is 0 Å². The number of benzene rings is 2. The maximum Gasteiger partial charge on any atom is 0.106 e. The van der Waals surface area contributed by atoms with Gasteiger partial charge in [-0.25, -0.2) is 0 Å². The van der Waals surface area contributed by atoms with Gasteiger partial charge in [0.15, 0.2) is 0 Å². The zero-order valence-electron chi connectivity index (χ0n) is 9.88. The third-order valence-electron chi connectivity index (χ3n) is 3.12. The van der Waals surface area contributed by atoms with Crippen molar-refractivity contribution in [3.8, 4) is 0 Å². The Bertz CT molecular complexity index is 465. The summed E-state index contributed by atoms with van der Waals surface area (Å²) in [5, 5.41) is 10.6. The molecular weight excluding hydrogens is 210 g/mol. The smallest absolute Gasteiger partial charge is 0.106 e. The van der Waals surface area contributed by atoms with Crippen molar-refractivity contribution in [1.82, 2.24) is 0 Å². The topological polar surface area (TPSA) is 46.2 Å². The van der Waals surface area contributed by atoms with E-state index in [2.05, 4.69) is 0 Å². The van der Waals surface area contributed by atoms with Gasteiger partial charge in [-0.2, -0.15) is 0 Å². The highest BCUT2D eigenvalue weighted by atomic mass is 16.3. The summed E-state index contributed by atoms with van der Waals surface area (Å²) in [6, 6.07) is 18.7. The fourth-order valence-corrected chi connectivity index (χ4v) is 1.94. The summed E-state index contributed by atoms with van der Waals surface area (Å²) in [6.45, 7) is 1.75. The van der Waals surface area contributed by atoms with Crippen molar-refractivity contribution in [2.45, 2.75) is 18.6 Å². The lowest BCUT2D eigenvalue weighted by molar-refractivity contribution is 0.0282. The van der Waals surface area contributed by atoms with Gasteiger partial charge in [0.05, 0.1) is 6.04 Å². The minimum absolute atomic E-state index is 0.439. The third-order valence-corrected chi connectivity index (χ3v) is 3.12. The van der Waals surface area contributed by atoms with Crippen LogP contribution in [0, 0.1) is 0 Å². The van der Waals surface area contributed by atoms with E-state index in [-0.39, 0.29) is 0 Å². The van der Waals surface area contributed by atoms with E-state index >= 15 is 0 Å². The Morgan fingerprint density at radius 3 is 1.94 bits per heavy atom. The molecule has 0 aliphatic carbocycles. The van der Waals surface area contributed by atoms with Gasteiger partial charge in [0.1, 0.15) is 5.60 Å². The maximum atomic E-state index is 10.6. The summed E-state index contributed by atoms with van der Waals surface area (Å²) >= 11 is 0. The van der Waals surface area contributed by atoms with Crippen molar-refractivity contribution in [2.75, 3.05) is 0 Å². The monoisotopic (exact) mass is 227 g/mol. The van der Waals surface area contributed by atoms with E-state index < -0.39 is 11.6 Å². The Hall–Kier alpha value is -1.64. The summed E-state index contributed by atoms with van der Waals surface area (Å²) in [7, 11) is 0. The number of hydrogen-bond donors (Lipinski definition) is 2. The first kappa shape index (κ1) is 11.8. The highest BCUT2D eigenvalue weighted by Gasteiger charge is 2.31. The van der Waals surface area contributed by atoms with Crippen molar-refractivity contribution < 1.29 is 5.11 Å². The van der Waals surface area contributed by atoms with Crippen molar-refractivity contribution in [1.29, 1.82) is 0 Å². The van der Waals surface area contributed by atoms with Gasteiger partial charge >= 0.3 is 0 Å². The van der Waals surface area contributed by atoms with E-state index in [1.807, 2.05) is 60.7 Å². The second-order valence-electron chi connectivity index (χ2n) is 4.40. The average Bonchev–Trinajstić information content (AvgIpc) is 2.40. The molecule has 0 radical (unpaired) electrons. The zero-order valence-corrected chi connectivity index (χ0v) is 9.88. The van der Waals surface area contributed by atoms with Crippen LogP contribution in [0.5, 0.6) is 0 Å². The highest BCUT2D eigenvalue weighted by molar-refractivity contribution is 5.29. The number of aliphatic hydroxyl groups is 1. The fraction of sp³-hybridized carbons (Fsp3) is 0.200. The van der Waals surface area contributed by atoms with Gasteiger partial charge in [-0.15, -0.1) is 0 Å². The first-order valence-electron chi connectivity index (χ1n) is 5.71. The molecule has 2 aromatic carbocycles. The van der Waals surface area contributed by atoms with E-state index in [4.69, 9.17) is 5.73 Å². The van der Waals surface area contributed by atoms with Gasteiger partial charge in [0.2, 0.25) is 0 Å². The molecule has 0 amide bonds. The molecule has 0 heterocycles. The molecule has 0 spiro atoms. The minimum atomic E-state index is -1.07. The largest absolute Gasteiger partial charge is 0.383 e. The molecule has 0 aliphatic rings. The van der Waals surface area contributed by atoms with E-state index in [9.17, 15) is 5.11 Å². The Morgan fingerprint density at radius 1 is 0.941 bits per heavy atom. The van der Waals surface area contributed by atoms with E-state index in [0.29, 0.717) is 0 Å². The molecule has 0 unspecified atom stereocenters. The quantitative estimate of drug-likeness (QED) is 0.846. The number of rotatable bonds is 3.